The summed E-state index contributed by atoms with van der Waals surface area (Å²) in [6.45, 7) is 4.93. The number of nitrogens with zero attached hydrogens (tertiary/aromatic N) is 3. The van der Waals surface area contributed by atoms with Crippen LogP contribution in [0.4, 0.5) is 5.82 Å². The summed E-state index contributed by atoms with van der Waals surface area (Å²) >= 11 is 0. The van der Waals surface area contributed by atoms with Crippen molar-refractivity contribution in [3.63, 3.8) is 0 Å². The van der Waals surface area contributed by atoms with Crippen LogP contribution < -0.4 is 4.90 Å². The van der Waals surface area contributed by atoms with Gasteiger partial charge < -0.3 is 15.0 Å². The first-order valence-corrected chi connectivity index (χ1v) is 8.84. The molecule has 1 atom stereocenters. The minimum atomic E-state index is -0.807. The summed E-state index contributed by atoms with van der Waals surface area (Å²) in [6, 6.07) is 11.3. The van der Waals surface area contributed by atoms with Gasteiger partial charge in [-0.2, -0.15) is 0 Å². The molecular weight excluding hydrogens is 328 g/mol. The Balaban J connectivity index is 1.58. The van der Waals surface area contributed by atoms with E-state index in [4.69, 9.17) is 0 Å². The van der Waals surface area contributed by atoms with E-state index in [1.54, 1.807) is 6.20 Å². The number of benzene rings is 1. The summed E-state index contributed by atoms with van der Waals surface area (Å²) in [7, 11) is 0. The summed E-state index contributed by atoms with van der Waals surface area (Å²) in [4.78, 5) is 24.0. The van der Waals surface area contributed by atoms with Gasteiger partial charge in [-0.25, -0.2) is 4.98 Å². The third-order valence-corrected chi connectivity index (χ3v) is 5.05. The first-order valence-electron chi connectivity index (χ1n) is 8.84. The van der Waals surface area contributed by atoms with Crippen molar-refractivity contribution in [2.75, 3.05) is 31.1 Å². The van der Waals surface area contributed by atoms with Crippen molar-refractivity contribution in [1.82, 2.24) is 14.9 Å². The Labute approximate surface area is 152 Å². The number of hydrogen-bond acceptors (Lipinski definition) is 4. The van der Waals surface area contributed by atoms with E-state index in [9.17, 15) is 9.90 Å². The van der Waals surface area contributed by atoms with Crippen molar-refractivity contribution >= 4 is 22.7 Å². The summed E-state index contributed by atoms with van der Waals surface area (Å²) in [5.41, 5.74) is 2.94. The molecule has 6 heteroatoms. The number of hydrogen-bond donors (Lipinski definition) is 2. The molecule has 3 aromatic rings. The predicted molar refractivity (Wildman–Crippen MR) is 101 cm³/mol. The maximum absolute atomic E-state index is 12.1. The monoisotopic (exact) mass is 350 g/mol. The highest BCUT2D eigenvalue weighted by Crippen LogP contribution is 2.30. The van der Waals surface area contributed by atoms with E-state index in [1.165, 1.54) is 0 Å². The highest BCUT2D eigenvalue weighted by Gasteiger charge is 2.32. The van der Waals surface area contributed by atoms with E-state index in [2.05, 4.69) is 20.9 Å². The number of fused-ring (bicyclic) bond motifs is 1. The summed E-state index contributed by atoms with van der Waals surface area (Å²) in [5, 5.41) is 10.9. The van der Waals surface area contributed by atoms with Gasteiger partial charge >= 0.3 is 5.97 Å². The van der Waals surface area contributed by atoms with Crippen LogP contribution in [-0.4, -0.2) is 52.1 Å². The number of aromatic nitrogens is 2. The Morgan fingerprint density at radius 2 is 2.00 bits per heavy atom. The first kappa shape index (κ1) is 16.6. The molecule has 1 aromatic carbocycles. The predicted octanol–water partition coefficient (Wildman–Crippen LogP) is 2.82. The van der Waals surface area contributed by atoms with E-state index < -0.39 is 12.0 Å². The van der Waals surface area contributed by atoms with Crippen LogP contribution >= 0.6 is 0 Å². The fourth-order valence-electron chi connectivity index (χ4n) is 3.72. The second kappa shape index (κ2) is 6.80. The summed E-state index contributed by atoms with van der Waals surface area (Å²) in [6.07, 6.45) is 3.63. The number of carboxylic acid groups (broad SMARTS) is 1. The number of anilines is 1. The van der Waals surface area contributed by atoms with Crippen molar-refractivity contribution in [3.05, 3.63) is 59.9 Å². The molecule has 0 aliphatic carbocycles. The first-order chi connectivity index (χ1) is 12.6. The molecule has 26 heavy (non-hydrogen) atoms. The second-order valence-corrected chi connectivity index (χ2v) is 6.74. The van der Waals surface area contributed by atoms with E-state index in [-0.39, 0.29) is 0 Å². The van der Waals surface area contributed by atoms with Gasteiger partial charge in [-0.3, -0.25) is 9.69 Å². The maximum atomic E-state index is 12.1. The number of carboxylic acids is 1. The Hall–Kier alpha value is -2.86. The fraction of sp³-hybridized carbons (Fsp3) is 0.300. The number of aliphatic carboxylic acids is 1. The molecule has 0 saturated carbocycles. The zero-order valence-electron chi connectivity index (χ0n) is 14.7. The zero-order valence-corrected chi connectivity index (χ0v) is 14.7. The standard InChI is InChI=1S/C20H22N4O2/c1-14-5-6-17-15(12-14)16(13-22-17)19(20(25)26)24-10-8-23(9-11-24)18-4-2-3-7-21-18/h2-7,12-13,19,22H,8-11H2,1H3,(H,25,26). The molecule has 2 N–H and O–H groups in total. The SMILES string of the molecule is Cc1ccc2[nH]cc(C(C(=O)O)N3CCN(c4ccccn4)CC3)c2c1. The van der Waals surface area contributed by atoms with Crippen LogP contribution in [0.25, 0.3) is 10.9 Å². The van der Waals surface area contributed by atoms with E-state index in [0.717, 1.165) is 40.9 Å². The van der Waals surface area contributed by atoms with Crippen LogP contribution in [0, 0.1) is 6.92 Å². The van der Waals surface area contributed by atoms with Gasteiger partial charge in [0.15, 0.2) is 0 Å². The van der Waals surface area contributed by atoms with E-state index in [1.807, 2.05) is 48.4 Å². The Kier molecular flexibility index (Phi) is 4.34. The second-order valence-electron chi connectivity index (χ2n) is 6.74. The van der Waals surface area contributed by atoms with Crippen LogP contribution in [0.3, 0.4) is 0 Å². The molecular formula is C20H22N4O2. The lowest BCUT2D eigenvalue weighted by Gasteiger charge is -2.38. The molecule has 2 aromatic heterocycles. The number of H-pyrrole nitrogens is 1. The highest BCUT2D eigenvalue weighted by atomic mass is 16.4. The smallest absolute Gasteiger partial charge is 0.325 e. The van der Waals surface area contributed by atoms with E-state index in [0.29, 0.717) is 13.1 Å². The van der Waals surface area contributed by atoms with Crippen LogP contribution in [0.15, 0.2) is 48.8 Å². The molecule has 4 rings (SSSR count). The number of carbonyl (C=O) groups is 1. The van der Waals surface area contributed by atoms with Crippen LogP contribution in [0.1, 0.15) is 17.2 Å². The molecule has 3 heterocycles. The lowest BCUT2D eigenvalue weighted by molar-refractivity contribution is -0.143. The van der Waals surface area contributed by atoms with Gasteiger partial charge in [0, 0.05) is 55.0 Å². The average molecular weight is 350 g/mol. The number of nitrogens with one attached hydrogen (secondary N) is 1. The molecule has 0 spiro atoms. The van der Waals surface area contributed by atoms with Gasteiger partial charge in [-0.05, 0) is 31.2 Å². The van der Waals surface area contributed by atoms with Crippen LogP contribution in [-0.2, 0) is 4.79 Å². The zero-order chi connectivity index (χ0) is 18.1. The number of aromatic amines is 1. The molecule has 0 radical (unpaired) electrons. The third kappa shape index (κ3) is 3.04. The number of rotatable bonds is 4. The van der Waals surface area contributed by atoms with Crippen molar-refractivity contribution in [1.29, 1.82) is 0 Å². The highest BCUT2D eigenvalue weighted by molar-refractivity contribution is 5.89. The number of aryl methyl sites for hydroxylation is 1. The molecule has 1 aliphatic rings. The van der Waals surface area contributed by atoms with Crippen LogP contribution in [0.2, 0.25) is 0 Å². The van der Waals surface area contributed by atoms with Crippen molar-refractivity contribution in [2.45, 2.75) is 13.0 Å². The molecule has 1 saturated heterocycles. The Morgan fingerprint density at radius 1 is 1.19 bits per heavy atom. The minimum absolute atomic E-state index is 0.642. The summed E-state index contributed by atoms with van der Waals surface area (Å²) in [5.74, 6) is 0.139. The largest absolute Gasteiger partial charge is 0.480 e. The van der Waals surface area contributed by atoms with Gasteiger partial charge in [-0.15, -0.1) is 0 Å². The summed E-state index contributed by atoms with van der Waals surface area (Å²) < 4.78 is 0. The molecule has 0 bridgehead atoms. The Bertz CT molecular complexity index is 914. The van der Waals surface area contributed by atoms with Crippen LogP contribution in [0.5, 0.6) is 0 Å². The number of pyridine rings is 1. The molecule has 1 aliphatic heterocycles. The third-order valence-electron chi connectivity index (χ3n) is 5.05. The lowest BCUT2D eigenvalue weighted by Crippen LogP contribution is -2.49. The molecule has 0 amide bonds. The lowest BCUT2D eigenvalue weighted by atomic mass is 10.0. The van der Waals surface area contributed by atoms with Gasteiger partial charge in [0.25, 0.3) is 0 Å². The quantitative estimate of drug-likeness (QED) is 0.757. The molecule has 1 fully saturated rings. The van der Waals surface area contributed by atoms with Crippen molar-refractivity contribution in [2.24, 2.45) is 0 Å². The topological polar surface area (TPSA) is 72.5 Å². The number of piperazine rings is 1. The van der Waals surface area contributed by atoms with Crippen molar-refractivity contribution in [3.8, 4) is 0 Å². The average Bonchev–Trinajstić information content (AvgIpc) is 3.06. The van der Waals surface area contributed by atoms with Gasteiger partial charge in [-0.1, -0.05) is 17.7 Å². The fourth-order valence-corrected chi connectivity index (χ4v) is 3.72. The van der Waals surface area contributed by atoms with Gasteiger partial charge in [0.05, 0.1) is 0 Å². The minimum Gasteiger partial charge on any atom is -0.480 e. The normalized spacial score (nSPS) is 16.7. The van der Waals surface area contributed by atoms with Gasteiger partial charge in [0.1, 0.15) is 11.9 Å². The van der Waals surface area contributed by atoms with Crippen molar-refractivity contribution < 1.29 is 9.90 Å². The Morgan fingerprint density at radius 3 is 2.69 bits per heavy atom. The maximum Gasteiger partial charge on any atom is 0.325 e. The van der Waals surface area contributed by atoms with E-state index >= 15 is 0 Å². The molecule has 6 nitrogen and oxygen atoms in total. The van der Waals surface area contributed by atoms with Gasteiger partial charge in [0.2, 0.25) is 0 Å². The molecule has 1 unspecified atom stereocenters. The molecule has 134 valence electrons.